The van der Waals surface area contributed by atoms with Crippen molar-refractivity contribution < 1.29 is 14.3 Å². The number of halogens is 1. The van der Waals surface area contributed by atoms with Crippen LogP contribution < -0.4 is 4.74 Å². The van der Waals surface area contributed by atoms with E-state index in [1.54, 1.807) is 31.2 Å². The van der Waals surface area contributed by atoms with E-state index in [1.807, 2.05) is 6.07 Å². The normalized spacial score (nSPS) is 8.81. The van der Waals surface area contributed by atoms with Crippen molar-refractivity contribution in [3.8, 4) is 5.75 Å². The van der Waals surface area contributed by atoms with Crippen LogP contribution in [0.15, 0.2) is 30.3 Å². The summed E-state index contributed by atoms with van der Waals surface area (Å²) in [5.41, 5.74) is 0. The van der Waals surface area contributed by atoms with Gasteiger partial charge in [0, 0.05) is 0 Å². The second-order valence-electron chi connectivity index (χ2n) is 2.82. The first kappa shape index (κ1) is 14.5. The van der Waals surface area contributed by atoms with Gasteiger partial charge < -0.3 is 9.47 Å². The largest absolute Gasteiger partial charge is 0.466 e. The molecule has 0 heterocycles. The van der Waals surface area contributed by atoms with Crippen LogP contribution in [0.1, 0.15) is 13.3 Å². The molecule has 0 saturated heterocycles. The lowest BCUT2D eigenvalue weighted by molar-refractivity contribution is -0.141. The maximum atomic E-state index is 11.0. The summed E-state index contributed by atoms with van der Waals surface area (Å²) < 4.78 is 9.80. The van der Waals surface area contributed by atoms with Crippen LogP contribution in [-0.4, -0.2) is 18.5 Å². The van der Waals surface area contributed by atoms with E-state index in [1.165, 1.54) is 0 Å². The first-order valence-electron chi connectivity index (χ1n) is 4.68. The Morgan fingerprint density at radius 2 is 1.94 bits per heavy atom. The Morgan fingerprint density at radius 3 is 2.50 bits per heavy atom. The highest BCUT2D eigenvalue weighted by Crippen LogP contribution is 2.09. The molecule has 0 aliphatic heterocycles. The monoisotopic (exact) mass is 243 g/mol. The first-order valence-corrected chi connectivity index (χ1v) is 4.68. The van der Waals surface area contributed by atoms with Gasteiger partial charge in [-0.2, -0.15) is 0 Å². The number of para-hydroxylation sites is 1. The predicted octanol–water partition coefficient (Wildman–Crippen LogP) is 2.42. The van der Waals surface area contributed by atoms with Gasteiger partial charge in [0.1, 0.15) is 12.2 Å². The number of ether oxygens (including phenoxy) is 2. The highest BCUT2D eigenvalue weighted by molar-refractivity contribution is 5.93. The van der Waals surface area contributed by atoms with Crippen molar-refractivity contribution in [1.29, 1.82) is 5.41 Å². The Hall–Kier alpha value is -1.55. The molecule has 1 aromatic carbocycles. The zero-order valence-corrected chi connectivity index (χ0v) is 9.75. The quantitative estimate of drug-likeness (QED) is 0.502. The Bertz CT molecular complexity index is 340. The average molecular weight is 244 g/mol. The maximum Gasteiger partial charge on any atom is 0.315 e. The van der Waals surface area contributed by atoms with E-state index in [-0.39, 0.29) is 24.7 Å². The van der Waals surface area contributed by atoms with Gasteiger partial charge in [0.2, 0.25) is 0 Å². The van der Waals surface area contributed by atoms with Crippen LogP contribution in [0.5, 0.6) is 5.75 Å². The fourth-order valence-corrected chi connectivity index (χ4v) is 1.01. The minimum Gasteiger partial charge on any atom is -0.466 e. The maximum absolute atomic E-state index is 11.0. The highest BCUT2D eigenvalue weighted by atomic mass is 35.5. The van der Waals surface area contributed by atoms with Gasteiger partial charge in [-0.05, 0) is 19.1 Å². The molecule has 0 bridgehead atoms. The van der Waals surface area contributed by atoms with Crippen LogP contribution in [-0.2, 0) is 9.53 Å². The SMILES string of the molecule is CCOC(=O)CC(=N)Oc1ccccc1.Cl. The van der Waals surface area contributed by atoms with Gasteiger partial charge in [0.15, 0.2) is 5.90 Å². The first-order chi connectivity index (χ1) is 7.22. The minimum atomic E-state index is -0.446. The lowest BCUT2D eigenvalue weighted by Crippen LogP contribution is -2.15. The molecule has 0 fully saturated rings. The van der Waals surface area contributed by atoms with Crippen molar-refractivity contribution in [3.63, 3.8) is 0 Å². The summed E-state index contributed by atoms with van der Waals surface area (Å²) in [5, 5.41) is 7.41. The second kappa shape index (κ2) is 7.70. The number of rotatable bonds is 4. The summed E-state index contributed by atoms with van der Waals surface area (Å²) >= 11 is 0. The number of carbonyl (C=O) groups excluding carboxylic acids is 1. The smallest absolute Gasteiger partial charge is 0.315 e. The Balaban J connectivity index is 0.00000225. The molecule has 5 heteroatoms. The number of hydrogen-bond acceptors (Lipinski definition) is 4. The van der Waals surface area contributed by atoms with Crippen molar-refractivity contribution >= 4 is 24.3 Å². The molecule has 0 aliphatic carbocycles. The van der Waals surface area contributed by atoms with Crippen molar-refractivity contribution in [2.45, 2.75) is 13.3 Å². The van der Waals surface area contributed by atoms with Gasteiger partial charge in [0.25, 0.3) is 0 Å². The Labute approximate surface area is 100 Å². The molecule has 0 amide bonds. The average Bonchev–Trinajstić information content (AvgIpc) is 2.19. The topological polar surface area (TPSA) is 59.4 Å². The zero-order chi connectivity index (χ0) is 11.1. The molecule has 0 unspecified atom stereocenters. The standard InChI is InChI=1S/C11H13NO3.ClH/c1-2-14-11(13)8-10(12)15-9-6-4-3-5-7-9;/h3-7,12H,2,8H2,1H3;1H. The van der Waals surface area contributed by atoms with Crippen LogP contribution in [0.3, 0.4) is 0 Å². The summed E-state index contributed by atoms with van der Waals surface area (Å²) in [5.74, 6) is -0.00937. The van der Waals surface area contributed by atoms with Gasteiger partial charge in [-0.3, -0.25) is 10.2 Å². The Morgan fingerprint density at radius 1 is 1.31 bits per heavy atom. The fourth-order valence-electron chi connectivity index (χ4n) is 1.01. The van der Waals surface area contributed by atoms with Crippen molar-refractivity contribution in [1.82, 2.24) is 0 Å². The van der Waals surface area contributed by atoms with E-state index in [0.29, 0.717) is 12.4 Å². The molecule has 1 N–H and O–H groups in total. The summed E-state index contributed by atoms with van der Waals surface area (Å²) in [6, 6.07) is 8.89. The van der Waals surface area contributed by atoms with Crippen molar-refractivity contribution in [2.75, 3.05) is 6.61 Å². The third kappa shape index (κ3) is 5.36. The van der Waals surface area contributed by atoms with E-state index < -0.39 is 5.97 Å². The van der Waals surface area contributed by atoms with Gasteiger partial charge in [-0.15, -0.1) is 12.4 Å². The summed E-state index contributed by atoms with van der Waals surface area (Å²) in [6.07, 6.45) is -0.136. The van der Waals surface area contributed by atoms with Gasteiger partial charge in [-0.1, -0.05) is 18.2 Å². The number of benzene rings is 1. The zero-order valence-electron chi connectivity index (χ0n) is 8.93. The third-order valence-corrected chi connectivity index (χ3v) is 1.59. The number of esters is 1. The predicted molar refractivity (Wildman–Crippen MR) is 63.3 cm³/mol. The van der Waals surface area contributed by atoms with Crippen LogP contribution in [0.2, 0.25) is 0 Å². The molecule has 1 rings (SSSR count). The molecule has 0 spiro atoms. The molecule has 4 nitrogen and oxygen atoms in total. The summed E-state index contributed by atoms with van der Waals surface area (Å²) in [4.78, 5) is 11.0. The van der Waals surface area contributed by atoms with Crippen molar-refractivity contribution in [2.24, 2.45) is 0 Å². The van der Waals surface area contributed by atoms with Crippen LogP contribution >= 0.6 is 12.4 Å². The van der Waals surface area contributed by atoms with Gasteiger partial charge in [0.05, 0.1) is 6.61 Å². The van der Waals surface area contributed by atoms with Crippen LogP contribution in [0.4, 0.5) is 0 Å². The van der Waals surface area contributed by atoms with Gasteiger partial charge >= 0.3 is 5.97 Å². The van der Waals surface area contributed by atoms with E-state index in [0.717, 1.165) is 0 Å². The molecule has 0 radical (unpaired) electrons. The Kier molecular flexibility index (Phi) is 6.96. The lowest BCUT2D eigenvalue weighted by Gasteiger charge is -2.05. The molecule has 0 atom stereocenters. The summed E-state index contributed by atoms with van der Waals surface area (Å²) in [6.45, 7) is 2.04. The fraction of sp³-hybridized carbons (Fsp3) is 0.273. The third-order valence-electron chi connectivity index (χ3n) is 1.59. The van der Waals surface area contributed by atoms with E-state index in [4.69, 9.17) is 14.9 Å². The molecular formula is C11H14ClNO3. The van der Waals surface area contributed by atoms with Crippen LogP contribution in [0.25, 0.3) is 0 Å². The summed E-state index contributed by atoms with van der Waals surface area (Å²) in [7, 11) is 0. The molecule has 0 aliphatic rings. The second-order valence-corrected chi connectivity index (χ2v) is 2.82. The minimum absolute atomic E-state index is 0. The van der Waals surface area contributed by atoms with Gasteiger partial charge in [-0.25, -0.2) is 0 Å². The highest BCUT2D eigenvalue weighted by Gasteiger charge is 2.08. The van der Waals surface area contributed by atoms with Crippen LogP contribution in [0, 0.1) is 5.41 Å². The van der Waals surface area contributed by atoms with Crippen molar-refractivity contribution in [3.05, 3.63) is 30.3 Å². The lowest BCUT2D eigenvalue weighted by atomic mass is 10.3. The number of nitrogens with one attached hydrogen (secondary N) is 1. The molecule has 1 aromatic rings. The molecule has 88 valence electrons. The number of carbonyl (C=O) groups is 1. The molecule has 0 saturated carbocycles. The molecule has 0 aromatic heterocycles. The molecule has 16 heavy (non-hydrogen) atoms. The van der Waals surface area contributed by atoms with E-state index >= 15 is 0 Å². The van der Waals surface area contributed by atoms with E-state index in [9.17, 15) is 4.79 Å². The number of hydrogen-bond donors (Lipinski definition) is 1. The molecular weight excluding hydrogens is 230 g/mol. The van der Waals surface area contributed by atoms with E-state index in [2.05, 4.69) is 0 Å².